The van der Waals surface area contributed by atoms with E-state index in [9.17, 15) is 0 Å². The summed E-state index contributed by atoms with van der Waals surface area (Å²) >= 11 is 0. The molecule has 2 nitrogen and oxygen atoms in total. The fourth-order valence-electron chi connectivity index (χ4n) is 1.92. The lowest BCUT2D eigenvalue weighted by Crippen LogP contribution is -2.38. The molecule has 14 heavy (non-hydrogen) atoms. The van der Waals surface area contributed by atoms with Gasteiger partial charge in [0.15, 0.2) is 0 Å². The Bertz CT molecular complexity index is 162. The molecule has 1 saturated carbocycles. The van der Waals surface area contributed by atoms with Gasteiger partial charge in [0.05, 0.1) is 0 Å². The van der Waals surface area contributed by atoms with Crippen LogP contribution in [0.4, 0.5) is 0 Å². The van der Waals surface area contributed by atoms with E-state index < -0.39 is 0 Å². The zero-order chi connectivity index (χ0) is 10.6. The van der Waals surface area contributed by atoms with Gasteiger partial charge in [0.1, 0.15) is 0 Å². The first-order valence-corrected chi connectivity index (χ1v) is 5.95. The second kappa shape index (κ2) is 5.13. The van der Waals surface area contributed by atoms with Gasteiger partial charge in [0, 0.05) is 6.04 Å². The summed E-state index contributed by atoms with van der Waals surface area (Å²) in [5, 5.41) is 0. The first kappa shape index (κ1) is 12.0. The van der Waals surface area contributed by atoms with E-state index in [1.807, 2.05) is 0 Å². The SMILES string of the molecule is CN(CCCC(C)(C)CN)C1CCC1. The lowest BCUT2D eigenvalue weighted by Gasteiger charge is -2.35. The molecule has 0 aromatic heterocycles. The summed E-state index contributed by atoms with van der Waals surface area (Å²) in [6.07, 6.45) is 6.80. The second-order valence-electron chi connectivity index (χ2n) is 5.54. The molecule has 1 aliphatic carbocycles. The van der Waals surface area contributed by atoms with Crippen molar-refractivity contribution in [1.82, 2.24) is 4.90 Å². The Kier molecular flexibility index (Phi) is 4.39. The predicted octanol–water partition coefficient (Wildman–Crippen LogP) is 2.24. The Morgan fingerprint density at radius 1 is 1.36 bits per heavy atom. The van der Waals surface area contributed by atoms with Gasteiger partial charge in [-0.2, -0.15) is 0 Å². The minimum atomic E-state index is 0.334. The van der Waals surface area contributed by atoms with Crippen molar-refractivity contribution in [2.45, 2.75) is 52.0 Å². The van der Waals surface area contributed by atoms with Crippen molar-refractivity contribution in [1.29, 1.82) is 0 Å². The summed E-state index contributed by atoms with van der Waals surface area (Å²) in [4.78, 5) is 2.52. The zero-order valence-corrected chi connectivity index (χ0v) is 10.1. The van der Waals surface area contributed by atoms with Gasteiger partial charge < -0.3 is 10.6 Å². The van der Waals surface area contributed by atoms with E-state index in [1.54, 1.807) is 0 Å². The molecule has 0 heterocycles. The number of hydrogen-bond donors (Lipinski definition) is 1. The highest BCUT2D eigenvalue weighted by Crippen LogP contribution is 2.25. The molecule has 0 atom stereocenters. The van der Waals surface area contributed by atoms with Gasteiger partial charge in [-0.25, -0.2) is 0 Å². The largest absolute Gasteiger partial charge is 0.330 e. The molecule has 2 heteroatoms. The fourth-order valence-corrected chi connectivity index (χ4v) is 1.92. The molecular formula is C12H26N2. The fraction of sp³-hybridized carbons (Fsp3) is 1.00. The van der Waals surface area contributed by atoms with E-state index in [-0.39, 0.29) is 0 Å². The molecule has 2 N–H and O–H groups in total. The van der Waals surface area contributed by atoms with Crippen LogP contribution in [0.3, 0.4) is 0 Å². The summed E-state index contributed by atoms with van der Waals surface area (Å²) in [5.41, 5.74) is 6.04. The van der Waals surface area contributed by atoms with Gasteiger partial charge in [0.25, 0.3) is 0 Å². The van der Waals surface area contributed by atoms with Crippen molar-refractivity contribution in [2.75, 3.05) is 20.1 Å². The van der Waals surface area contributed by atoms with Gasteiger partial charge in [-0.3, -0.25) is 0 Å². The molecule has 1 fully saturated rings. The minimum absolute atomic E-state index is 0.334. The molecule has 0 aromatic carbocycles. The van der Waals surface area contributed by atoms with E-state index in [2.05, 4.69) is 25.8 Å². The molecule has 1 rings (SSSR count). The lowest BCUT2D eigenvalue weighted by atomic mass is 9.87. The van der Waals surface area contributed by atoms with Crippen LogP contribution in [0.15, 0.2) is 0 Å². The summed E-state index contributed by atoms with van der Waals surface area (Å²) < 4.78 is 0. The van der Waals surface area contributed by atoms with Crippen molar-refractivity contribution in [3.63, 3.8) is 0 Å². The minimum Gasteiger partial charge on any atom is -0.330 e. The molecule has 0 unspecified atom stereocenters. The van der Waals surface area contributed by atoms with Crippen molar-refractivity contribution in [3.8, 4) is 0 Å². The van der Waals surface area contributed by atoms with Crippen molar-refractivity contribution in [2.24, 2.45) is 11.1 Å². The Morgan fingerprint density at radius 2 is 2.00 bits per heavy atom. The zero-order valence-electron chi connectivity index (χ0n) is 10.1. The molecule has 0 bridgehead atoms. The molecule has 0 aromatic rings. The van der Waals surface area contributed by atoms with Crippen LogP contribution in [0.2, 0.25) is 0 Å². The van der Waals surface area contributed by atoms with Crippen LogP contribution >= 0.6 is 0 Å². The topological polar surface area (TPSA) is 29.3 Å². The monoisotopic (exact) mass is 198 g/mol. The number of nitrogens with zero attached hydrogens (tertiary/aromatic N) is 1. The quantitative estimate of drug-likeness (QED) is 0.709. The van der Waals surface area contributed by atoms with Gasteiger partial charge in [0.2, 0.25) is 0 Å². The predicted molar refractivity (Wildman–Crippen MR) is 62.3 cm³/mol. The van der Waals surface area contributed by atoms with E-state index in [0.29, 0.717) is 5.41 Å². The third kappa shape index (κ3) is 3.58. The maximum atomic E-state index is 5.71. The van der Waals surface area contributed by atoms with Gasteiger partial charge >= 0.3 is 0 Å². The second-order valence-corrected chi connectivity index (χ2v) is 5.54. The number of nitrogens with two attached hydrogens (primary N) is 1. The van der Waals surface area contributed by atoms with Gasteiger partial charge in [-0.05, 0) is 51.2 Å². The molecule has 0 radical (unpaired) electrons. The van der Waals surface area contributed by atoms with Crippen molar-refractivity contribution >= 4 is 0 Å². The van der Waals surface area contributed by atoms with Crippen LogP contribution in [0, 0.1) is 5.41 Å². The Hall–Kier alpha value is -0.0800. The maximum absolute atomic E-state index is 5.71. The normalized spacial score (nSPS) is 18.6. The molecule has 0 spiro atoms. The van der Waals surface area contributed by atoms with E-state index in [4.69, 9.17) is 5.73 Å². The molecule has 0 amide bonds. The highest BCUT2D eigenvalue weighted by Gasteiger charge is 2.22. The van der Waals surface area contributed by atoms with Crippen LogP contribution in [0.1, 0.15) is 46.0 Å². The highest BCUT2D eigenvalue weighted by molar-refractivity contribution is 4.78. The first-order chi connectivity index (χ1) is 6.55. The Balaban J connectivity index is 2.08. The van der Waals surface area contributed by atoms with E-state index >= 15 is 0 Å². The average molecular weight is 198 g/mol. The Labute approximate surface area is 88.8 Å². The van der Waals surface area contributed by atoms with Gasteiger partial charge in [-0.1, -0.05) is 20.3 Å². The van der Waals surface area contributed by atoms with Crippen LogP contribution in [0.5, 0.6) is 0 Å². The van der Waals surface area contributed by atoms with Crippen LogP contribution < -0.4 is 5.73 Å². The van der Waals surface area contributed by atoms with Crippen molar-refractivity contribution in [3.05, 3.63) is 0 Å². The third-order valence-corrected chi connectivity index (χ3v) is 3.62. The molecule has 0 saturated heterocycles. The standard InChI is InChI=1S/C12H26N2/c1-12(2,10-13)8-5-9-14(3)11-6-4-7-11/h11H,4-10,13H2,1-3H3. The molecule has 1 aliphatic rings. The summed E-state index contributed by atoms with van der Waals surface area (Å²) in [6.45, 7) is 6.57. The van der Waals surface area contributed by atoms with E-state index in [1.165, 1.54) is 38.6 Å². The lowest BCUT2D eigenvalue weighted by molar-refractivity contribution is 0.151. The smallest absolute Gasteiger partial charge is 0.00922 e. The van der Waals surface area contributed by atoms with Crippen molar-refractivity contribution < 1.29 is 0 Å². The van der Waals surface area contributed by atoms with E-state index in [0.717, 1.165) is 12.6 Å². The highest BCUT2D eigenvalue weighted by atomic mass is 15.1. The first-order valence-electron chi connectivity index (χ1n) is 5.95. The summed E-state index contributed by atoms with van der Waals surface area (Å²) in [7, 11) is 2.26. The third-order valence-electron chi connectivity index (χ3n) is 3.62. The molecule has 84 valence electrons. The summed E-state index contributed by atoms with van der Waals surface area (Å²) in [5.74, 6) is 0. The molecule has 0 aliphatic heterocycles. The number of rotatable bonds is 6. The van der Waals surface area contributed by atoms with Crippen LogP contribution in [-0.2, 0) is 0 Å². The van der Waals surface area contributed by atoms with Crippen LogP contribution in [0.25, 0.3) is 0 Å². The van der Waals surface area contributed by atoms with Crippen LogP contribution in [-0.4, -0.2) is 31.1 Å². The Morgan fingerprint density at radius 3 is 2.43 bits per heavy atom. The average Bonchev–Trinajstić information content (AvgIpc) is 2.01. The maximum Gasteiger partial charge on any atom is 0.00922 e. The number of hydrogen-bond acceptors (Lipinski definition) is 2. The summed E-state index contributed by atoms with van der Waals surface area (Å²) in [6, 6.07) is 0.885. The molecular weight excluding hydrogens is 172 g/mol. The van der Waals surface area contributed by atoms with Gasteiger partial charge in [-0.15, -0.1) is 0 Å².